The molecule has 0 aliphatic carbocycles. The maximum Gasteiger partial charge on any atom is 0.250 e. The van der Waals surface area contributed by atoms with Crippen molar-refractivity contribution < 1.29 is 14.3 Å². The van der Waals surface area contributed by atoms with E-state index in [1.807, 2.05) is 0 Å². The Hall–Kier alpha value is -3.13. The summed E-state index contributed by atoms with van der Waals surface area (Å²) in [5, 5.41) is 15.6. The fourth-order valence-electron chi connectivity index (χ4n) is 2.40. The van der Waals surface area contributed by atoms with E-state index in [9.17, 15) is 4.79 Å². The van der Waals surface area contributed by atoms with Crippen LogP contribution in [0, 0.1) is 0 Å². The Bertz CT molecular complexity index is 960. The standard InChI is InChI=1S/C18H18ClN5O3/c1-11(18(25)20-14-6-4-5-13(19)10-14)24-22-17(21-23-24)12-7-8-15(26-2)16(9-12)27-3/h4-11H,1-3H3,(H,20,25)/t11-/m1/s1. The topological polar surface area (TPSA) is 91.2 Å². The molecule has 1 aromatic heterocycles. The van der Waals surface area contributed by atoms with Gasteiger partial charge in [-0.1, -0.05) is 17.7 Å². The predicted octanol–water partition coefficient (Wildman–Crippen LogP) is 3.21. The van der Waals surface area contributed by atoms with Gasteiger partial charge in [0.2, 0.25) is 5.82 Å². The third-order valence-corrected chi connectivity index (χ3v) is 4.12. The number of nitrogens with zero attached hydrogens (tertiary/aromatic N) is 4. The lowest BCUT2D eigenvalue weighted by molar-refractivity contribution is -0.119. The number of hydrogen-bond acceptors (Lipinski definition) is 6. The van der Waals surface area contributed by atoms with E-state index >= 15 is 0 Å². The first-order valence-corrected chi connectivity index (χ1v) is 8.48. The molecular weight excluding hydrogens is 370 g/mol. The van der Waals surface area contributed by atoms with Crippen molar-refractivity contribution in [2.24, 2.45) is 0 Å². The average Bonchev–Trinajstić information content (AvgIpc) is 3.17. The van der Waals surface area contributed by atoms with Crippen LogP contribution in [-0.4, -0.2) is 40.3 Å². The molecule has 0 bridgehead atoms. The quantitative estimate of drug-likeness (QED) is 0.698. The van der Waals surface area contributed by atoms with Gasteiger partial charge in [0.15, 0.2) is 11.5 Å². The molecule has 2 aromatic carbocycles. The third-order valence-electron chi connectivity index (χ3n) is 3.89. The molecule has 0 radical (unpaired) electrons. The Labute approximate surface area is 161 Å². The number of carbonyl (C=O) groups excluding carboxylic acids is 1. The van der Waals surface area contributed by atoms with Gasteiger partial charge in [-0.25, -0.2) is 0 Å². The Balaban J connectivity index is 1.77. The molecule has 3 aromatic rings. The molecule has 0 aliphatic rings. The summed E-state index contributed by atoms with van der Waals surface area (Å²) >= 11 is 5.93. The van der Waals surface area contributed by atoms with Crippen molar-refractivity contribution in [2.45, 2.75) is 13.0 Å². The minimum Gasteiger partial charge on any atom is -0.493 e. The van der Waals surface area contributed by atoms with Crippen LogP contribution in [-0.2, 0) is 4.79 Å². The van der Waals surface area contributed by atoms with Crippen molar-refractivity contribution in [2.75, 3.05) is 19.5 Å². The van der Waals surface area contributed by atoms with Gasteiger partial charge in [-0.15, -0.1) is 10.2 Å². The maximum absolute atomic E-state index is 12.4. The molecule has 1 heterocycles. The molecule has 0 fully saturated rings. The molecule has 1 amide bonds. The summed E-state index contributed by atoms with van der Waals surface area (Å²) < 4.78 is 10.5. The summed E-state index contributed by atoms with van der Waals surface area (Å²) in [6.07, 6.45) is 0. The molecule has 0 unspecified atom stereocenters. The predicted molar refractivity (Wildman–Crippen MR) is 101 cm³/mol. The highest BCUT2D eigenvalue weighted by Crippen LogP contribution is 2.30. The van der Waals surface area contributed by atoms with E-state index in [-0.39, 0.29) is 5.91 Å². The van der Waals surface area contributed by atoms with E-state index in [2.05, 4.69) is 20.7 Å². The number of tetrazole rings is 1. The number of halogens is 1. The summed E-state index contributed by atoms with van der Waals surface area (Å²) in [6, 6.07) is 11.5. The zero-order valence-electron chi connectivity index (χ0n) is 15.0. The van der Waals surface area contributed by atoms with Gasteiger partial charge in [0.25, 0.3) is 5.91 Å². The molecular formula is C18H18ClN5O3. The highest BCUT2D eigenvalue weighted by molar-refractivity contribution is 6.30. The molecule has 3 rings (SSSR count). The summed E-state index contributed by atoms with van der Waals surface area (Å²) in [5.41, 5.74) is 1.29. The van der Waals surface area contributed by atoms with Gasteiger partial charge in [-0.3, -0.25) is 4.79 Å². The van der Waals surface area contributed by atoms with Gasteiger partial charge in [0.1, 0.15) is 6.04 Å². The largest absolute Gasteiger partial charge is 0.493 e. The van der Waals surface area contributed by atoms with Gasteiger partial charge < -0.3 is 14.8 Å². The Kier molecular flexibility index (Phi) is 5.56. The van der Waals surface area contributed by atoms with Crippen LogP contribution >= 0.6 is 11.6 Å². The summed E-state index contributed by atoms with van der Waals surface area (Å²) in [4.78, 5) is 13.7. The van der Waals surface area contributed by atoms with Crippen LogP contribution in [0.1, 0.15) is 13.0 Å². The van der Waals surface area contributed by atoms with Crippen molar-refractivity contribution in [3.8, 4) is 22.9 Å². The van der Waals surface area contributed by atoms with E-state index in [0.717, 1.165) is 0 Å². The van der Waals surface area contributed by atoms with Crippen molar-refractivity contribution >= 4 is 23.2 Å². The first kappa shape index (κ1) is 18.7. The second-order valence-electron chi connectivity index (χ2n) is 5.68. The lowest BCUT2D eigenvalue weighted by Gasteiger charge is -2.11. The number of benzene rings is 2. The molecule has 27 heavy (non-hydrogen) atoms. The van der Waals surface area contributed by atoms with Crippen LogP contribution in [0.25, 0.3) is 11.4 Å². The Morgan fingerprint density at radius 3 is 2.63 bits per heavy atom. The number of ether oxygens (including phenoxy) is 2. The monoisotopic (exact) mass is 387 g/mol. The van der Waals surface area contributed by atoms with E-state index in [1.54, 1.807) is 63.6 Å². The number of nitrogens with one attached hydrogen (secondary N) is 1. The molecule has 1 N–H and O–H groups in total. The SMILES string of the molecule is COc1ccc(-c2nnn([C@H](C)C(=O)Nc3cccc(Cl)c3)n2)cc1OC. The number of carbonyl (C=O) groups is 1. The molecule has 140 valence electrons. The molecule has 0 aliphatic heterocycles. The molecule has 0 spiro atoms. The summed E-state index contributed by atoms with van der Waals surface area (Å²) in [7, 11) is 3.11. The van der Waals surface area contributed by atoms with Crippen LogP contribution < -0.4 is 14.8 Å². The maximum atomic E-state index is 12.4. The summed E-state index contributed by atoms with van der Waals surface area (Å²) in [5.74, 6) is 1.24. The highest BCUT2D eigenvalue weighted by atomic mass is 35.5. The van der Waals surface area contributed by atoms with E-state index in [1.165, 1.54) is 4.80 Å². The Morgan fingerprint density at radius 1 is 1.15 bits per heavy atom. The van der Waals surface area contributed by atoms with Gasteiger partial charge >= 0.3 is 0 Å². The lowest BCUT2D eigenvalue weighted by Crippen LogP contribution is -2.25. The number of hydrogen-bond donors (Lipinski definition) is 1. The minimum absolute atomic E-state index is 0.284. The first-order chi connectivity index (χ1) is 13.0. The zero-order chi connectivity index (χ0) is 19.4. The van der Waals surface area contributed by atoms with E-state index < -0.39 is 6.04 Å². The fourth-order valence-corrected chi connectivity index (χ4v) is 2.59. The number of amides is 1. The fraction of sp³-hybridized carbons (Fsp3) is 0.222. The van der Waals surface area contributed by atoms with Crippen molar-refractivity contribution in [3.63, 3.8) is 0 Å². The van der Waals surface area contributed by atoms with Crippen LogP contribution in [0.5, 0.6) is 11.5 Å². The average molecular weight is 388 g/mol. The van der Waals surface area contributed by atoms with Crippen molar-refractivity contribution in [1.82, 2.24) is 20.2 Å². The first-order valence-electron chi connectivity index (χ1n) is 8.10. The zero-order valence-corrected chi connectivity index (χ0v) is 15.8. The van der Waals surface area contributed by atoms with Crippen LogP contribution in [0.2, 0.25) is 5.02 Å². The van der Waals surface area contributed by atoms with Crippen LogP contribution in [0.15, 0.2) is 42.5 Å². The number of anilines is 1. The second kappa shape index (κ2) is 8.05. The highest BCUT2D eigenvalue weighted by Gasteiger charge is 2.19. The number of methoxy groups -OCH3 is 2. The van der Waals surface area contributed by atoms with Crippen LogP contribution in [0.3, 0.4) is 0 Å². The van der Waals surface area contributed by atoms with E-state index in [0.29, 0.717) is 33.6 Å². The number of rotatable bonds is 6. The van der Waals surface area contributed by atoms with Gasteiger partial charge in [0, 0.05) is 16.3 Å². The second-order valence-corrected chi connectivity index (χ2v) is 6.12. The van der Waals surface area contributed by atoms with Gasteiger partial charge in [-0.05, 0) is 48.5 Å². The molecule has 1 atom stereocenters. The Morgan fingerprint density at radius 2 is 1.93 bits per heavy atom. The summed E-state index contributed by atoms with van der Waals surface area (Å²) in [6.45, 7) is 1.68. The smallest absolute Gasteiger partial charge is 0.250 e. The van der Waals surface area contributed by atoms with Crippen LogP contribution in [0.4, 0.5) is 5.69 Å². The third kappa shape index (κ3) is 4.17. The van der Waals surface area contributed by atoms with E-state index in [4.69, 9.17) is 21.1 Å². The normalized spacial score (nSPS) is 11.7. The molecule has 9 heteroatoms. The molecule has 0 saturated heterocycles. The number of aromatic nitrogens is 4. The van der Waals surface area contributed by atoms with Crippen molar-refractivity contribution in [1.29, 1.82) is 0 Å². The molecule has 8 nitrogen and oxygen atoms in total. The van der Waals surface area contributed by atoms with Gasteiger partial charge in [0.05, 0.1) is 14.2 Å². The molecule has 0 saturated carbocycles. The van der Waals surface area contributed by atoms with Crippen molar-refractivity contribution in [3.05, 3.63) is 47.5 Å². The minimum atomic E-state index is -0.662. The lowest BCUT2D eigenvalue weighted by atomic mass is 10.2. The van der Waals surface area contributed by atoms with Gasteiger partial charge in [-0.2, -0.15) is 4.80 Å².